The van der Waals surface area contributed by atoms with Gasteiger partial charge in [-0.25, -0.2) is 0 Å². The number of nitrogens with zero attached hydrogens (tertiary/aromatic N) is 1. The van der Waals surface area contributed by atoms with Gasteiger partial charge in [0.1, 0.15) is 0 Å². The first kappa shape index (κ1) is 23.1. The smallest absolute Gasteiger partial charge is 0.0541 e. The Morgan fingerprint density at radius 3 is 1.67 bits per heavy atom. The minimum Gasteiger partial charge on any atom is -0.356 e. The van der Waals surface area contributed by atoms with E-state index in [1.807, 2.05) is 6.07 Å². The van der Waals surface area contributed by atoms with Crippen molar-refractivity contribution < 1.29 is 0 Å². The molecule has 0 unspecified atom stereocenters. The number of benzene rings is 6. The lowest BCUT2D eigenvalue weighted by atomic mass is 10.0. The predicted molar refractivity (Wildman–Crippen MR) is 166 cm³/mol. The molecule has 0 spiro atoms. The molecular weight excluding hydrogens is 472 g/mol. The fourth-order valence-corrected chi connectivity index (χ4v) is 5.41. The number of nitrogens with one attached hydrogen (secondary N) is 1. The van der Waals surface area contributed by atoms with Crippen LogP contribution >= 0.6 is 0 Å². The molecule has 0 atom stereocenters. The number of rotatable bonds is 5. The third kappa shape index (κ3) is 4.36. The van der Waals surface area contributed by atoms with Crippen LogP contribution in [0.25, 0.3) is 49.7 Å². The molecule has 7 aromatic rings. The minimum absolute atomic E-state index is 1.07. The Hall–Kier alpha value is -5.08. The molecule has 0 fully saturated rings. The van der Waals surface area contributed by atoms with E-state index in [0.29, 0.717) is 0 Å². The fraction of sp³-hybridized carbons (Fsp3) is 0.0270. The molecule has 1 heterocycles. The Kier molecular flexibility index (Phi) is 5.71. The summed E-state index contributed by atoms with van der Waals surface area (Å²) in [6, 6.07) is 52.0. The van der Waals surface area contributed by atoms with Crippen molar-refractivity contribution in [3.63, 3.8) is 0 Å². The number of aromatic nitrogens is 1. The molecule has 0 aliphatic rings. The first-order chi connectivity index (χ1) is 19.2. The number of para-hydroxylation sites is 1. The number of hydrogen-bond acceptors (Lipinski definition) is 1. The molecule has 0 aliphatic carbocycles. The van der Waals surface area contributed by atoms with Crippen LogP contribution in [0.3, 0.4) is 0 Å². The standard InChI is InChI=1S/C37H28N2/c1-26-11-22-33(23-12-26)39-36-10-6-5-9-34(36)35-25-30(17-24-37(35)39)29-15-20-32(21-16-29)38-31-18-13-28(14-19-31)27-7-3-2-4-8-27/h2-25,38H,1H3. The highest BCUT2D eigenvalue weighted by atomic mass is 15.0. The normalized spacial score (nSPS) is 11.2. The van der Waals surface area contributed by atoms with Crippen LogP contribution in [0.5, 0.6) is 0 Å². The van der Waals surface area contributed by atoms with E-state index in [1.54, 1.807) is 0 Å². The molecule has 0 saturated heterocycles. The summed E-state index contributed by atoms with van der Waals surface area (Å²) in [7, 11) is 0. The topological polar surface area (TPSA) is 17.0 Å². The van der Waals surface area contributed by atoms with Crippen molar-refractivity contribution in [2.24, 2.45) is 0 Å². The van der Waals surface area contributed by atoms with Gasteiger partial charge < -0.3 is 9.88 Å². The zero-order valence-electron chi connectivity index (χ0n) is 21.8. The molecule has 0 amide bonds. The summed E-state index contributed by atoms with van der Waals surface area (Å²) in [5, 5.41) is 6.08. The van der Waals surface area contributed by atoms with E-state index in [2.05, 4.69) is 156 Å². The molecule has 186 valence electrons. The molecule has 1 N–H and O–H groups in total. The maximum absolute atomic E-state index is 3.54. The van der Waals surface area contributed by atoms with Crippen molar-refractivity contribution in [2.45, 2.75) is 6.92 Å². The van der Waals surface area contributed by atoms with Gasteiger partial charge >= 0.3 is 0 Å². The van der Waals surface area contributed by atoms with Gasteiger partial charge in [-0.05, 0) is 83.8 Å². The number of aryl methyl sites for hydroxylation is 1. The van der Waals surface area contributed by atoms with Gasteiger partial charge in [0.05, 0.1) is 11.0 Å². The second kappa shape index (κ2) is 9.66. The van der Waals surface area contributed by atoms with Crippen LogP contribution in [0.1, 0.15) is 5.56 Å². The van der Waals surface area contributed by atoms with E-state index in [1.165, 1.54) is 55.3 Å². The van der Waals surface area contributed by atoms with E-state index >= 15 is 0 Å². The van der Waals surface area contributed by atoms with E-state index < -0.39 is 0 Å². The molecule has 0 bridgehead atoms. The first-order valence-corrected chi connectivity index (χ1v) is 13.4. The predicted octanol–water partition coefficient (Wildman–Crippen LogP) is 10.2. The number of hydrogen-bond donors (Lipinski definition) is 1. The number of fused-ring (bicyclic) bond motifs is 3. The maximum atomic E-state index is 3.54. The van der Waals surface area contributed by atoms with Gasteiger partial charge in [-0.1, -0.05) is 96.6 Å². The molecule has 0 aliphatic heterocycles. The van der Waals surface area contributed by atoms with Crippen LogP contribution in [-0.4, -0.2) is 4.57 Å². The Labute approximate surface area is 228 Å². The number of anilines is 2. The van der Waals surface area contributed by atoms with Gasteiger partial charge in [0, 0.05) is 27.8 Å². The van der Waals surface area contributed by atoms with Crippen LogP contribution in [0.15, 0.2) is 146 Å². The van der Waals surface area contributed by atoms with Crippen molar-refractivity contribution in [1.82, 2.24) is 4.57 Å². The zero-order valence-corrected chi connectivity index (χ0v) is 21.8. The Morgan fingerprint density at radius 1 is 0.436 bits per heavy atom. The average Bonchev–Trinajstić information content (AvgIpc) is 3.33. The van der Waals surface area contributed by atoms with E-state index in [-0.39, 0.29) is 0 Å². The van der Waals surface area contributed by atoms with Crippen molar-refractivity contribution in [1.29, 1.82) is 0 Å². The average molecular weight is 501 g/mol. The fourth-order valence-electron chi connectivity index (χ4n) is 5.41. The van der Waals surface area contributed by atoms with Gasteiger partial charge in [-0.2, -0.15) is 0 Å². The maximum Gasteiger partial charge on any atom is 0.0541 e. The molecule has 7 rings (SSSR count). The molecule has 6 aromatic carbocycles. The first-order valence-electron chi connectivity index (χ1n) is 13.4. The van der Waals surface area contributed by atoms with Crippen molar-refractivity contribution in [3.8, 4) is 27.9 Å². The van der Waals surface area contributed by atoms with Crippen molar-refractivity contribution >= 4 is 33.2 Å². The summed E-state index contributed by atoms with van der Waals surface area (Å²) in [5.74, 6) is 0. The molecular formula is C37H28N2. The van der Waals surface area contributed by atoms with E-state index in [0.717, 1.165) is 11.4 Å². The quantitative estimate of drug-likeness (QED) is 0.249. The second-order valence-electron chi connectivity index (χ2n) is 10.1. The largest absolute Gasteiger partial charge is 0.356 e. The lowest BCUT2D eigenvalue weighted by Crippen LogP contribution is -1.93. The SMILES string of the molecule is Cc1ccc(-n2c3ccccc3c3cc(-c4ccc(Nc5ccc(-c6ccccc6)cc5)cc4)ccc32)cc1. The minimum atomic E-state index is 1.07. The molecule has 0 radical (unpaired) electrons. The lowest BCUT2D eigenvalue weighted by molar-refractivity contribution is 1.17. The van der Waals surface area contributed by atoms with Crippen molar-refractivity contribution in [3.05, 3.63) is 151 Å². The van der Waals surface area contributed by atoms with Crippen LogP contribution in [0.4, 0.5) is 11.4 Å². The molecule has 1 aromatic heterocycles. The highest BCUT2D eigenvalue weighted by Crippen LogP contribution is 2.35. The van der Waals surface area contributed by atoms with Gasteiger partial charge in [-0.3, -0.25) is 0 Å². The Balaban J connectivity index is 1.18. The third-order valence-corrected chi connectivity index (χ3v) is 7.46. The molecule has 2 heteroatoms. The van der Waals surface area contributed by atoms with Gasteiger partial charge in [0.25, 0.3) is 0 Å². The van der Waals surface area contributed by atoms with Crippen LogP contribution in [-0.2, 0) is 0 Å². The van der Waals surface area contributed by atoms with Crippen LogP contribution < -0.4 is 5.32 Å². The van der Waals surface area contributed by atoms with E-state index in [9.17, 15) is 0 Å². The Morgan fingerprint density at radius 2 is 0.974 bits per heavy atom. The third-order valence-electron chi connectivity index (χ3n) is 7.46. The summed E-state index contributed by atoms with van der Waals surface area (Å²) in [4.78, 5) is 0. The molecule has 0 saturated carbocycles. The van der Waals surface area contributed by atoms with Crippen LogP contribution in [0, 0.1) is 6.92 Å². The second-order valence-corrected chi connectivity index (χ2v) is 10.1. The van der Waals surface area contributed by atoms with Crippen molar-refractivity contribution in [2.75, 3.05) is 5.32 Å². The van der Waals surface area contributed by atoms with E-state index in [4.69, 9.17) is 0 Å². The highest BCUT2D eigenvalue weighted by Gasteiger charge is 2.13. The van der Waals surface area contributed by atoms with Crippen LogP contribution in [0.2, 0.25) is 0 Å². The zero-order chi connectivity index (χ0) is 26.2. The highest BCUT2D eigenvalue weighted by molar-refractivity contribution is 6.10. The summed E-state index contributed by atoms with van der Waals surface area (Å²) in [5.41, 5.74) is 11.9. The summed E-state index contributed by atoms with van der Waals surface area (Å²) in [6.45, 7) is 2.13. The summed E-state index contributed by atoms with van der Waals surface area (Å²) in [6.07, 6.45) is 0. The van der Waals surface area contributed by atoms with Gasteiger partial charge in [-0.15, -0.1) is 0 Å². The summed E-state index contributed by atoms with van der Waals surface area (Å²) < 4.78 is 2.37. The van der Waals surface area contributed by atoms with Gasteiger partial charge in [0.2, 0.25) is 0 Å². The molecule has 39 heavy (non-hydrogen) atoms. The summed E-state index contributed by atoms with van der Waals surface area (Å²) >= 11 is 0. The van der Waals surface area contributed by atoms with Gasteiger partial charge in [0.15, 0.2) is 0 Å². The Bertz CT molecular complexity index is 1890. The monoisotopic (exact) mass is 500 g/mol. The lowest BCUT2D eigenvalue weighted by Gasteiger charge is -2.10. The molecule has 2 nitrogen and oxygen atoms in total.